The van der Waals surface area contributed by atoms with Gasteiger partial charge in [0.15, 0.2) is 11.3 Å². The van der Waals surface area contributed by atoms with Gasteiger partial charge in [0.25, 0.3) is 0 Å². The van der Waals surface area contributed by atoms with Gasteiger partial charge in [-0.15, -0.1) is 0 Å². The summed E-state index contributed by atoms with van der Waals surface area (Å²) in [7, 11) is -1.32. The highest BCUT2D eigenvalue weighted by atomic mass is 31.1. The molecule has 0 unspecified atom stereocenters. The first-order valence-electron chi connectivity index (χ1n) is 11.9. The summed E-state index contributed by atoms with van der Waals surface area (Å²) in [5, 5.41) is 4.71. The monoisotopic (exact) mass is 485 g/mol. The number of carbonyl (C=O) groups is 3. The van der Waals surface area contributed by atoms with E-state index >= 15 is 0 Å². The highest BCUT2D eigenvalue weighted by molar-refractivity contribution is 7.88. The lowest BCUT2D eigenvalue weighted by Crippen LogP contribution is -2.22. The second-order valence-electron chi connectivity index (χ2n) is 8.54. The van der Waals surface area contributed by atoms with Crippen LogP contribution >= 0.6 is 7.92 Å². The molecule has 5 heteroatoms. The topological polar surface area (TPSA) is 63.2 Å². The zero-order chi connectivity index (χ0) is 25.4. The third kappa shape index (κ3) is 6.41. The largest absolute Gasteiger partial charge is 0.353 e. The van der Waals surface area contributed by atoms with Crippen LogP contribution in [0, 0.1) is 20.8 Å². The number of rotatable bonds is 10. The van der Waals surface area contributed by atoms with E-state index in [0.717, 1.165) is 34.6 Å². The second-order valence-corrected chi connectivity index (χ2v) is 10.6. The maximum Gasteiger partial charge on any atom is 0.244 e. The lowest BCUT2D eigenvalue weighted by molar-refractivity contribution is -0.116. The number of unbranched alkanes of at least 4 members (excludes halogenated alkanes) is 1. The molecule has 35 heavy (non-hydrogen) atoms. The number of ketones is 1. The summed E-state index contributed by atoms with van der Waals surface area (Å²) in [4.78, 5) is 39.3. The molecule has 0 spiro atoms. The fourth-order valence-electron chi connectivity index (χ4n) is 4.23. The fourth-order valence-corrected chi connectivity index (χ4v) is 6.50. The quantitative estimate of drug-likeness (QED) is 0.178. The van der Waals surface area contributed by atoms with E-state index in [1.807, 2.05) is 87.5 Å². The van der Waals surface area contributed by atoms with E-state index in [2.05, 4.69) is 12.2 Å². The molecule has 0 fully saturated rings. The Balaban J connectivity index is 2.02. The van der Waals surface area contributed by atoms with Crippen LogP contribution in [0.2, 0.25) is 0 Å². The van der Waals surface area contributed by atoms with E-state index in [4.69, 9.17) is 0 Å². The molecule has 4 nitrogen and oxygen atoms in total. The van der Waals surface area contributed by atoms with Gasteiger partial charge >= 0.3 is 0 Å². The summed E-state index contributed by atoms with van der Waals surface area (Å²) in [6.45, 7) is 8.25. The van der Waals surface area contributed by atoms with Gasteiger partial charge in [-0.05, 0) is 60.6 Å². The third-order valence-electron chi connectivity index (χ3n) is 5.88. The lowest BCUT2D eigenvalue weighted by atomic mass is 9.91. The molecule has 0 saturated carbocycles. The predicted octanol–water partition coefficient (Wildman–Crippen LogP) is 5.54. The summed E-state index contributed by atoms with van der Waals surface area (Å²) in [6.07, 6.45) is 4.45. The van der Waals surface area contributed by atoms with Crippen molar-refractivity contribution in [3.8, 4) is 0 Å². The first-order valence-corrected chi connectivity index (χ1v) is 13.2. The number of hydrogen-bond acceptors (Lipinski definition) is 3. The number of hydrogen-bond donors (Lipinski definition) is 1. The van der Waals surface area contributed by atoms with Crippen LogP contribution in [-0.2, 0) is 4.79 Å². The van der Waals surface area contributed by atoms with Crippen molar-refractivity contribution in [1.82, 2.24) is 5.32 Å². The summed E-state index contributed by atoms with van der Waals surface area (Å²) in [5.74, 6) is -0.564. The molecule has 0 bridgehead atoms. The van der Waals surface area contributed by atoms with Crippen LogP contribution in [0.1, 0.15) is 57.2 Å². The van der Waals surface area contributed by atoms with Crippen molar-refractivity contribution in [2.75, 3.05) is 6.54 Å². The van der Waals surface area contributed by atoms with Gasteiger partial charge in [0.2, 0.25) is 5.91 Å². The molecule has 3 rings (SSSR count). The number of aryl methyl sites for hydroxylation is 2. The van der Waals surface area contributed by atoms with Gasteiger partial charge in [-0.3, -0.25) is 14.4 Å². The van der Waals surface area contributed by atoms with Crippen molar-refractivity contribution in [2.45, 2.75) is 40.5 Å². The number of carbonyl (C=O) groups excluding carboxylic acids is 3. The van der Waals surface area contributed by atoms with Gasteiger partial charge in [0.1, 0.15) is 0 Å². The highest BCUT2D eigenvalue weighted by Gasteiger charge is 2.28. The first kappa shape index (κ1) is 26.2. The van der Waals surface area contributed by atoms with Crippen LogP contribution in [0.25, 0.3) is 0 Å². The minimum Gasteiger partial charge on any atom is -0.353 e. The van der Waals surface area contributed by atoms with E-state index in [1.54, 1.807) is 0 Å². The Labute approximate surface area is 209 Å². The van der Waals surface area contributed by atoms with E-state index in [1.165, 1.54) is 12.2 Å². The summed E-state index contributed by atoms with van der Waals surface area (Å²) >= 11 is 0. The number of amides is 1. The van der Waals surface area contributed by atoms with E-state index < -0.39 is 7.92 Å². The van der Waals surface area contributed by atoms with E-state index in [-0.39, 0.29) is 17.2 Å². The zero-order valence-electron chi connectivity index (χ0n) is 20.8. The molecule has 1 amide bonds. The lowest BCUT2D eigenvalue weighted by Gasteiger charge is -2.21. The molecule has 180 valence electrons. The molecular formula is C30H32NO3P. The molecule has 0 heterocycles. The molecule has 3 aromatic carbocycles. The Bertz CT molecular complexity index is 1190. The molecule has 0 aliphatic rings. The predicted molar refractivity (Wildman–Crippen MR) is 145 cm³/mol. The van der Waals surface area contributed by atoms with Gasteiger partial charge in [-0.2, -0.15) is 0 Å². The van der Waals surface area contributed by atoms with Crippen LogP contribution in [0.4, 0.5) is 0 Å². The number of allylic oxidation sites excluding steroid dienone is 1. The smallest absolute Gasteiger partial charge is 0.244 e. The summed E-state index contributed by atoms with van der Waals surface area (Å²) in [5.41, 5.74) is 3.38. The maximum absolute atomic E-state index is 14.1. The van der Waals surface area contributed by atoms with Gasteiger partial charge < -0.3 is 5.32 Å². The highest BCUT2D eigenvalue weighted by Crippen LogP contribution is 2.40. The van der Waals surface area contributed by atoms with Crippen LogP contribution in [0.5, 0.6) is 0 Å². The molecule has 1 N–H and O–H groups in total. The molecule has 3 aromatic rings. The Hall–Kier alpha value is -3.36. The summed E-state index contributed by atoms with van der Waals surface area (Å²) in [6, 6.07) is 21.5. The average molecular weight is 486 g/mol. The van der Waals surface area contributed by atoms with Crippen LogP contribution in [0.15, 0.2) is 78.9 Å². The van der Waals surface area contributed by atoms with Gasteiger partial charge in [-0.1, -0.05) is 80.1 Å². The molecule has 0 atom stereocenters. The van der Waals surface area contributed by atoms with Gasteiger partial charge in [-0.25, -0.2) is 0 Å². The summed E-state index contributed by atoms with van der Waals surface area (Å²) < 4.78 is 0. The van der Waals surface area contributed by atoms with Crippen LogP contribution in [0.3, 0.4) is 0 Å². The van der Waals surface area contributed by atoms with Gasteiger partial charge in [0.05, 0.1) is 0 Å². The standard InChI is InChI=1S/C30H32NO3P/c1-5-6-19-31-27(33)18-17-26(32)28-21(2)20-22(3)29(23(28)4)30(34)35(24-13-9-7-10-14-24)25-15-11-8-12-16-25/h7-18,20H,5-6,19H2,1-4H3,(H,31,33)/b18-17-. The number of benzene rings is 3. The molecule has 0 radical (unpaired) electrons. The molecule has 0 aliphatic carbocycles. The molecular weight excluding hydrogens is 453 g/mol. The normalized spacial score (nSPS) is 11.1. The Morgan fingerprint density at radius 1 is 0.800 bits per heavy atom. The average Bonchev–Trinajstić information content (AvgIpc) is 2.84. The van der Waals surface area contributed by atoms with Crippen LogP contribution in [-0.4, -0.2) is 23.8 Å². The van der Waals surface area contributed by atoms with Crippen molar-refractivity contribution in [3.05, 3.63) is 107 Å². The van der Waals surface area contributed by atoms with Crippen molar-refractivity contribution in [3.63, 3.8) is 0 Å². The van der Waals surface area contributed by atoms with Crippen molar-refractivity contribution in [1.29, 1.82) is 0 Å². The maximum atomic E-state index is 14.1. The minimum atomic E-state index is -1.32. The molecule has 0 aliphatic heterocycles. The zero-order valence-corrected chi connectivity index (χ0v) is 21.7. The van der Waals surface area contributed by atoms with Crippen molar-refractivity contribution >= 4 is 35.7 Å². The minimum absolute atomic E-state index is 0.0164. The van der Waals surface area contributed by atoms with E-state index in [0.29, 0.717) is 23.2 Å². The number of nitrogens with one attached hydrogen (secondary N) is 1. The third-order valence-corrected chi connectivity index (χ3v) is 8.14. The SMILES string of the molecule is CCCCNC(=O)/C=C\C(=O)c1c(C)cc(C)c(C(=O)P(c2ccccc2)c2ccccc2)c1C. The Kier molecular flexibility index (Phi) is 9.28. The fraction of sp³-hybridized carbons (Fsp3) is 0.233. The Morgan fingerprint density at radius 2 is 1.34 bits per heavy atom. The van der Waals surface area contributed by atoms with Crippen LogP contribution < -0.4 is 15.9 Å². The molecule has 0 saturated heterocycles. The second kappa shape index (κ2) is 12.4. The first-order chi connectivity index (χ1) is 16.8. The van der Waals surface area contributed by atoms with E-state index in [9.17, 15) is 14.4 Å². The van der Waals surface area contributed by atoms with Crippen molar-refractivity contribution < 1.29 is 14.4 Å². The van der Waals surface area contributed by atoms with Gasteiger partial charge in [0, 0.05) is 31.7 Å². The van der Waals surface area contributed by atoms with Crippen molar-refractivity contribution in [2.24, 2.45) is 0 Å². The molecule has 0 aromatic heterocycles. The Morgan fingerprint density at radius 3 is 1.89 bits per heavy atom.